The number of methoxy groups -OCH3 is 2. The number of amides is 1. The van der Waals surface area contributed by atoms with Crippen molar-refractivity contribution in [3.8, 4) is 11.5 Å². The molecule has 2 aromatic heterocycles. The van der Waals surface area contributed by atoms with Gasteiger partial charge < -0.3 is 14.5 Å². The zero-order chi connectivity index (χ0) is 21.1. The van der Waals surface area contributed by atoms with Gasteiger partial charge in [0.2, 0.25) is 5.91 Å². The first-order chi connectivity index (χ1) is 13.8. The number of H-pyrrole nitrogens is 1. The number of hydrogen-bond donors (Lipinski definition) is 2. The lowest BCUT2D eigenvalue weighted by atomic mass is 10.1. The summed E-state index contributed by atoms with van der Waals surface area (Å²) >= 11 is 1.44. The Labute approximate surface area is 171 Å². The molecule has 0 aliphatic carbocycles. The third kappa shape index (κ3) is 4.29. The molecule has 2 N–H and O–H groups in total. The molecule has 0 aliphatic rings. The Hall–Kier alpha value is -3.20. The summed E-state index contributed by atoms with van der Waals surface area (Å²) < 4.78 is 10.5. The molecule has 0 saturated carbocycles. The number of carbonyl (C=O) groups excluding carboxylic acids is 1. The first-order valence-electron chi connectivity index (χ1n) is 8.88. The number of aryl methyl sites for hydroxylation is 2. The van der Waals surface area contributed by atoms with Crippen molar-refractivity contribution in [2.75, 3.05) is 14.2 Å². The SMILES string of the molecule is COc1ccc(/C(C)=N\NC(=O)Cc2nc3sc(C)c(C)c3c(=O)[nH]2)cc1OC. The fraction of sp³-hybridized carbons (Fsp3) is 0.300. The molecule has 0 unspecified atom stereocenters. The minimum absolute atomic E-state index is 0.0795. The standard InChI is InChI=1S/C20H22N4O4S/c1-10-12(3)29-20-18(10)19(26)21-16(22-20)9-17(25)24-23-11(2)13-6-7-14(27-4)15(8-13)28-5/h6-8H,9H2,1-5H3,(H,24,25)(H,21,22,26)/b23-11-. The average molecular weight is 414 g/mol. The maximum Gasteiger partial charge on any atom is 0.259 e. The van der Waals surface area contributed by atoms with Crippen LogP contribution in [-0.4, -0.2) is 35.8 Å². The fourth-order valence-corrected chi connectivity index (χ4v) is 3.90. The van der Waals surface area contributed by atoms with E-state index in [1.807, 2.05) is 19.9 Å². The highest BCUT2D eigenvalue weighted by Crippen LogP contribution is 2.28. The molecule has 1 aromatic carbocycles. The third-order valence-corrected chi connectivity index (χ3v) is 5.67. The molecule has 9 heteroatoms. The number of hydrazone groups is 1. The van der Waals surface area contributed by atoms with E-state index >= 15 is 0 Å². The summed E-state index contributed by atoms with van der Waals surface area (Å²) in [4.78, 5) is 33.3. The largest absolute Gasteiger partial charge is 0.493 e. The van der Waals surface area contributed by atoms with Crippen molar-refractivity contribution in [2.24, 2.45) is 5.10 Å². The van der Waals surface area contributed by atoms with E-state index in [0.29, 0.717) is 33.3 Å². The maximum atomic E-state index is 12.3. The van der Waals surface area contributed by atoms with Gasteiger partial charge in [-0.05, 0) is 44.5 Å². The van der Waals surface area contributed by atoms with Gasteiger partial charge in [-0.25, -0.2) is 10.4 Å². The highest BCUT2D eigenvalue weighted by molar-refractivity contribution is 7.18. The van der Waals surface area contributed by atoms with Crippen molar-refractivity contribution in [3.05, 3.63) is 50.4 Å². The normalized spacial score (nSPS) is 11.6. The number of thiophene rings is 1. The number of aromatic nitrogens is 2. The summed E-state index contributed by atoms with van der Waals surface area (Å²) in [6.45, 7) is 5.60. The Kier molecular flexibility index (Phi) is 5.97. The van der Waals surface area contributed by atoms with Crippen LogP contribution in [0.25, 0.3) is 10.2 Å². The van der Waals surface area contributed by atoms with Gasteiger partial charge in [0.1, 0.15) is 10.7 Å². The summed E-state index contributed by atoms with van der Waals surface area (Å²) in [5, 5.41) is 4.71. The number of rotatable bonds is 6. The maximum absolute atomic E-state index is 12.3. The molecule has 0 fully saturated rings. The van der Waals surface area contributed by atoms with E-state index in [1.165, 1.54) is 11.3 Å². The lowest BCUT2D eigenvalue weighted by Gasteiger charge is -2.09. The van der Waals surface area contributed by atoms with E-state index in [1.54, 1.807) is 33.3 Å². The third-order valence-electron chi connectivity index (χ3n) is 4.57. The van der Waals surface area contributed by atoms with Crippen LogP contribution in [0.4, 0.5) is 0 Å². The van der Waals surface area contributed by atoms with Crippen LogP contribution < -0.4 is 20.5 Å². The van der Waals surface area contributed by atoms with Gasteiger partial charge in [0, 0.05) is 10.4 Å². The van der Waals surface area contributed by atoms with Gasteiger partial charge >= 0.3 is 0 Å². The van der Waals surface area contributed by atoms with Gasteiger partial charge in [-0.15, -0.1) is 11.3 Å². The molecule has 0 aliphatic heterocycles. The van der Waals surface area contributed by atoms with Gasteiger partial charge in [0.25, 0.3) is 5.56 Å². The van der Waals surface area contributed by atoms with Crippen LogP contribution in [0.3, 0.4) is 0 Å². The number of nitrogens with zero attached hydrogens (tertiary/aromatic N) is 2. The lowest BCUT2D eigenvalue weighted by molar-refractivity contribution is -0.120. The highest BCUT2D eigenvalue weighted by Gasteiger charge is 2.14. The summed E-state index contributed by atoms with van der Waals surface area (Å²) in [6, 6.07) is 5.36. The number of hydrogen-bond acceptors (Lipinski definition) is 7. The monoisotopic (exact) mass is 414 g/mol. The minimum Gasteiger partial charge on any atom is -0.493 e. The number of carbonyl (C=O) groups is 1. The number of benzene rings is 1. The Balaban J connectivity index is 1.74. The van der Waals surface area contributed by atoms with Crippen LogP contribution in [-0.2, 0) is 11.2 Å². The van der Waals surface area contributed by atoms with Gasteiger partial charge in [-0.1, -0.05) is 0 Å². The van der Waals surface area contributed by atoms with Crippen molar-refractivity contribution in [3.63, 3.8) is 0 Å². The quantitative estimate of drug-likeness (QED) is 0.477. The van der Waals surface area contributed by atoms with Crippen LogP contribution in [0.1, 0.15) is 28.8 Å². The molecular weight excluding hydrogens is 392 g/mol. The fourth-order valence-electron chi connectivity index (χ4n) is 2.85. The van der Waals surface area contributed by atoms with Crippen molar-refractivity contribution in [1.29, 1.82) is 0 Å². The molecule has 152 valence electrons. The Morgan fingerprint density at radius 1 is 1.24 bits per heavy atom. The average Bonchev–Trinajstić information content (AvgIpc) is 2.99. The molecule has 0 saturated heterocycles. The molecule has 3 aromatic rings. The van der Waals surface area contributed by atoms with Crippen LogP contribution in [0, 0.1) is 13.8 Å². The topological polar surface area (TPSA) is 106 Å². The first kappa shape index (κ1) is 20.5. The number of fused-ring (bicyclic) bond motifs is 1. The van der Waals surface area contributed by atoms with E-state index in [9.17, 15) is 9.59 Å². The molecule has 0 radical (unpaired) electrons. The Bertz CT molecular complexity index is 1160. The van der Waals surface area contributed by atoms with E-state index in [4.69, 9.17) is 9.47 Å². The Morgan fingerprint density at radius 2 is 1.97 bits per heavy atom. The minimum atomic E-state index is -0.377. The molecule has 8 nitrogen and oxygen atoms in total. The van der Waals surface area contributed by atoms with Crippen LogP contribution in [0.5, 0.6) is 11.5 Å². The van der Waals surface area contributed by atoms with E-state index in [2.05, 4.69) is 20.5 Å². The summed E-state index contributed by atoms with van der Waals surface area (Å²) in [5.41, 5.74) is 4.56. The zero-order valence-corrected chi connectivity index (χ0v) is 17.7. The smallest absolute Gasteiger partial charge is 0.259 e. The second kappa shape index (κ2) is 8.44. The van der Waals surface area contributed by atoms with Gasteiger partial charge in [-0.2, -0.15) is 5.10 Å². The summed E-state index contributed by atoms with van der Waals surface area (Å²) in [5.74, 6) is 1.11. The lowest BCUT2D eigenvalue weighted by Crippen LogP contribution is -2.24. The first-order valence-corrected chi connectivity index (χ1v) is 9.70. The van der Waals surface area contributed by atoms with Gasteiger partial charge in [-0.3, -0.25) is 9.59 Å². The second-order valence-corrected chi connectivity index (χ2v) is 7.66. The Morgan fingerprint density at radius 3 is 2.66 bits per heavy atom. The molecular formula is C20H22N4O4S. The van der Waals surface area contributed by atoms with E-state index in [0.717, 1.165) is 16.0 Å². The van der Waals surface area contributed by atoms with Crippen molar-refractivity contribution in [1.82, 2.24) is 15.4 Å². The van der Waals surface area contributed by atoms with Crippen molar-refractivity contribution in [2.45, 2.75) is 27.2 Å². The summed E-state index contributed by atoms with van der Waals surface area (Å²) in [7, 11) is 3.12. The molecule has 2 heterocycles. The van der Waals surface area contributed by atoms with Crippen LogP contribution in [0.2, 0.25) is 0 Å². The predicted octanol–water partition coefficient (Wildman–Crippen LogP) is 2.70. The molecule has 0 atom stereocenters. The van der Waals surface area contributed by atoms with Crippen LogP contribution in [0.15, 0.2) is 28.1 Å². The number of aromatic amines is 1. The second-order valence-electron chi connectivity index (χ2n) is 6.45. The van der Waals surface area contributed by atoms with Crippen molar-refractivity contribution >= 4 is 33.2 Å². The molecule has 0 spiro atoms. The zero-order valence-electron chi connectivity index (χ0n) is 16.9. The van der Waals surface area contributed by atoms with Gasteiger partial charge in [0.15, 0.2) is 11.5 Å². The number of ether oxygens (including phenoxy) is 2. The number of nitrogens with one attached hydrogen (secondary N) is 2. The van der Waals surface area contributed by atoms with Crippen LogP contribution >= 0.6 is 11.3 Å². The predicted molar refractivity (Wildman–Crippen MR) is 113 cm³/mol. The van der Waals surface area contributed by atoms with E-state index in [-0.39, 0.29) is 17.9 Å². The molecule has 29 heavy (non-hydrogen) atoms. The highest BCUT2D eigenvalue weighted by atomic mass is 32.1. The molecule has 3 rings (SSSR count). The summed E-state index contributed by atoms with van der Waals surface area (Å²) in [6.07, 6.45) is -0.0795. The van der Waals surface area contributed by atoms with E-state index < -0.39 is 0 Å². The molecule has 1 amide bonds. The van der Waals surface area contributed by atoms with Crippen molar-refractivity contribution < 1.29 is 14.3 Å². The van der Waals surface area contributed by atoms with Gasteiger partial charge in [0.05, 0.1) is 31.7 Å². The molecule has 0 bridgehead atoms.